The Balaban J connectivity index is 1.52. The number of fused-ring (bicyclic) bond motifs is 6. The van der Waals surface area contributed by atoms with E-state index < -0.39 is 0 Å². The van der Waals surface area contributed by atoms with Crippen molar-refractivity contribution in [3.63, 3.8) is 0 Å². The molecule has 0 aliphatic heterocycles. The van der Waals surface area contributed by atoms with E-state index >= 15 is 0 Å². The fraction of sp³-hybridized carbons (Fsp3) is 0. The van der Waals surface area contributed by atoms with Crippen molar-refractivity contribution < 1.29 is 8.83 Å². The molecule has 0 amide bonds. The van der Waals surface area contributed by atoms with Crippen LogP contribution in [0.2, 0.25) is 0 Å². The van der Waals surface area contributed by atoms with Crippen LogP contribution in [0.1, 0.15) is 0 Å². The van der Waals surface area contributed by atoms with Gasteiger partial charge >= 0.3 is 0 Å². The van der Waals surface area contributed by atoms with Crippen LogP contribution in [0.5, 0.6) is 0 Å². The smallest absolute Gasteiger partial charge is 0.180 e. The highest BCUT2D eigenvalue weighted by Crippen LogP contribution is 2.41. The van der Waals surface area contributed by atoms with E-state index in [4.69, 9.17) is 18.8 Å². The van der Waals surface area contributed by atoms with Crippen molar-refractivity contribution in [3.8, 4) is 33.8 Å². The molecular weight excluding hydrogens is 468 g/mol. The zero-order chi connectivity index (χ0) is 25.1. The van der Waals surface area contributed by atoms with Gasteiger partial charge in [-0.05, 0) is 29.3 Å². The fourth-order valence-electron chi connectivity index (χ4n) is 5.42. The monoisotopic (exact) mass is 488 g/mol. The van der Waals surface area contributed by atoms with E-state index in [0.29, 0.717) is 11.4 Å². The molecule has 178 valence electrons. The minimum Gasteiger partial charge on any atom is -0.456 e. The lowest BCUT2D eigenvalue weighted by atomic mass is 10.0. The lowest BCUT2D eigenvalue weighted by molar-refractivity contribution is 0.667. The van der Waals surface area contributed by atoms with E-state index in [1.54, 1.807) is 0 Å². The molecule has 0 saturated carbocycles. The first-order valence-electron chi connectivity index (χ1n) is 12.6. The van der Waals surface area contributed by atoms with Gasteiger partial charge in [-0.15, -0.1) is 0 Å². The SMILES string of the molecule is c1ccc(-c2nc(-c3cccc4oc5ccccc5c34)nc3c2oc2cccc(-c4ccccc4)c23)cc1. The number of nitrogens with zero attached hydrogens (tertiary/aromatic N) is 2. The average Bonchev–Trinajstić information content (AvgIpc) is 3.56. The van der Waals surface area contributed by atoms with Crippen LogP contribution >= 0.6 is 0 Å². The zero-order valence-corrected chi connectivity index (χ0v) is 20.3. The van der Waals surface area contributed by atoms with Gasteiger partial charge in [-0.1, -0.05) is 103 Å². The second-order valence-electron chi connectivity index (χ2n) is 9.36. The number of furan rings is 2. The molecule has 0 fully saturated rings. The summed E-state index contributed by atoms with van der Waals surface area (Å²) in [5, 5.41) is 3.04. The third kappa shape index (κ3) is 3.10. The molecule has 0 aliphatic rings. The first kappa shape index (κ1) is 20.9. The van der Waals surface area contributed by atoms with Crippen LogP contribution in [0.25, 0.3) is 77.8 Å². The van der Waals surface area contributed by atoms with Crippen molar-refractivity contribution in [1.82, 2.24) is 9.97 Å². The number of hydrogen-bond acceptors (Lipinski definition) is 4. The van der Waals surface area contributed by atoms with Crippen molar-refractivity contribution in [2.45, 2.75) is 0 Å². The molecule has 0 saturated heterocycles. The molecule has 8 rings (SSSR count). The first-order chi connectivity index (χ1) is 18.8. The maximum atomic E-state index is 6.49. The largest absolute Gasteiger partial charge is 0.456 e. The molecule has 8 aromatic rings. The number of hydrogen-bond donors (Lipinski definition) is 0. The molecule has 3 aromatic heterocycles. The van der Waals surface area contributed by atoms with Crippen LogP contribution < -0.4 is 0 Å². The van der Waals surface area contributed by atoms with Gasteiger partial charge < -0.3 is 8.83 Å². The van der Waals surface area contributed by atoms with Crippen LogP contribution in [-0.4, -0.2) is 9.97 Å². The molecule has 0 bridgehead atoms. The highest BCUT2D eigenvalue weighted by molar-refractivity contribution is 6.15. The fourth-order valence-corrected chi connectivity index (χ4v) is 5.42. The minimum atomic E-state index is 0.638. The maximum Gasteiger partial charge on any atom is 0.180 e. The van der Waals surface area contributed by atoms with Crippen molar-refractivity contribution >= 4 is 44.0 Å². The first-order valence-corrected chi connectivity index (χ1v) is 12.6. The van der Waals surface area contributed by atoms with Crippen molar-refractivity contribution in [3.05, 3.63) is 121 Å². The van der Waals surface area contributed by atoms with E-state index in [-0.39, 0.29) is 0 Å². The molecule has 0 radical (unpaired) electrons. The van der Waals surface area contributed by atoms with Gasteiger partial charge in [0.05, 0.1) is 5.39 Å². The summed E-state index contributed by atoms with van der Waals surface area (Å²) in [6.07, 6.45) is 0. The summed E-state index contributed by atoms with van der Waals surface area (Å²) < 4.78 is 12.7. The van der Waals surface area contributed by atoms with Crippen molar-refractivity contribution in [1.29, 1.82) is 0 Å². The van der Waals surface area contributed by atoms with E-state index in [0.717, 1.165) is 66.4 Å². The summed E-state index contributed by atoms with van der Waals surface area (Å²) in [7, 11) is 0. The predicted octanol–water partition coefficient (Wildman–Crippen LogP) is 9.28. The summed E-state index contributed by atoms with van der Waals surface area (Å²) in [6, 6.07) is 40.9. The summed E-state index contributed by atoms with van der Waals surface area (Å²) in [4.78, 5) is 10.3. The van der Waals surface area contributed by atoms with Gasteiger partial charge in [-0.2, -0.15) is 0 Å². The molecule has 5 aromatic carbocycles. The van der Waals surface area contributed by atoms with Gasteiger partial charge in [-0.25, -0.2) is 9.97 Å². The Kier molecular flexibility index (Phi) is 4.49. The topological polar surface area (TPSA) is 52.1 Å². The third-order valence-corrected chi connectivity index (χ3v) is 7.12. The zero-order valence-electron chi connectivity index (χ0n) is 20.3. The quantitative estimate of drug-likeness (QED) is 0.249. The lowest BCUT2D eigenvalue weighted by Crippen LogP contribution is -1.94. The van der Waals surface area contributed by atoms with E-state index in [9.17, 15) is 0 Å². The summed E-state index contributed by atoms with van der Waals surface area (Å²) in [6.45, 7) is 0. The van der Waals surface area contributed by atoms with Gasteiger partial charge in [0.15, 0.2) is 11.4 Å². The molecule has 3 heterocycles. The standard InChI is InChI=1S/C34H20N2O2/c1-3-11-21(12-4-1)23-16-9-20-28-30(23)32-33(38-28)31(22-13-5-2-6-14-22)35-34(36-32)25-17-10-19-27-29(25)24-15-7-8-18-26(24)37-27/h1-20H. The van der Waals surface area contributed by atoms with Gasteiger partial charge in [0.2, 0.25) is 0 Å². The normalized spacial score (nSPS) is 11.7. The highest BCUT2D eigenvalue weighted by Gasteiger charge is 2.22. The maximum absolute atomic E-state index is 6.49. The average molecular weight is 489 g/mol. The molecule has 0 N–H and O–H groups in total. The Morgan fingerprint density at radius 2 is 1.08 bits per heavy atom. The van der Waals surface area contributed by atoms with E-state index in [1.165, 1.54) is 0 Å². The Labute approximate surface area is 217 Å². The van der Waals surface area contributed by atoms with Crippen molar-refractivity contribution in [2.75, 3.05) is 0 Å². The van der Waals surface area contributed by atoms with E-state index in [2.05, 4.69) is 54.6 Å². The molecule has 38 heavy (non-hydrogen) atoms. The third-order valence-electron chi connectivity index (χ3n) is 7.12. The second-order valence-corrected chi connectivity index (χ2v) is 9.36. The second kappa shape index (κ2) is 8.15. The number of aromatic nitrogens is 2. The molecular formula is C34H20N2O2. The van der Waals surface area contributed by atoms with Crippen LogP contribution in [0.15, 0.2) is 130 Å². The Bertz CT molecular complexity index is 2120. The summed E-state index contributed by atoms with van der Waals surface area (Å²) >= 11 is 0. The number of benzene rings is 5. The summed E-state index contributed by atoms with van der Waals surface area (Å²) in [5.74, 6) is 0.638. The highest BCUT2D eigenvalue weighted by atomic mass is 16.3. The van der Waals surface area contributed by atoms with Crippen molar-refractivity contribution in [2.24, 2.45) is 0 Å². The van der Waals surface area contributed by atoms with Crippen LogP contribution in [0, 0.1) is 0 Å². The minimum absolute atomic E-state index is 0.638. The molecule has 4 heteroatoms. The molecule has 0 atom stereocenters. The van der Waals surface area contributed by atoms with Crippen LogP contribution in [0.4, 0.5) is 0 Å². The Morgan fingerprint density at radius 1 is 0.447 bits per heavy atom. The Morgan fingerprint density at radius 3 is 1.87 bits per heavy atom. The molecule has 4 nitrogen and oxygen atoms in total. The number of para-hydroxylation sites is 1. The van der Waals surface area contributed by atoms with Gasteiger partial charge in [0.25, 0.3) is 0 Å². The Hall–Kier alpha value is -5.22. The lowest BCUT2D eigenvalue weighted by Gasteiger charge is -2.08. The van der Waals surface area contributed by atoms with Crippen LogP contribution in [0.3, 0.4) is 0 Å². The molecule has 0 aliphatic carbocycles. The summed E-state index contributed by atoms with van der Waals surface area (Å²) in [5.41, 5.74) is 8.81. The molecule has 0 spiro atoms. The van der Waals surface area contributed by atoms with Gasteiger partial charge in [-0.3, -0.25) is 0 Å². The number of rotatable bonds is 3. The molecule has 0 unspecified atom stereocenters. The van der Waals surface area contributed by atoms with E-state index in [1.807, 2.05) is 66.7 Å². The van der Waals surface area contributed by atoms with Gasteiger partial charge in [0.1, 0.15) is 28.0 Å². The van der Waals surface area contributed by atoms with Gasteiger partial charge in [0, 0.05) is 21.9 Å². The predicted molar refractivity (Wildman–Crippen MR) is 153 cm³/mol. The van der Waals surface area contributed by atoms with Crippen LogP contribution in [-0.2, 0) is 0 Å².